The van der Waals surface area contributed by atoms with Crippen LogP contribution in [0.2, 0.25) is 0 Å². The van der Waals surface area contributed by atoms with Crippen molar-refractivity contribution in [1.29, 1.82) is 0 Å². The molecular weight excluding hydrogens is 286 g/mol. The van der Waals surface area contributed by atoms with E-state index >= 15 is 0 Å². The number of aromatic nitrogens is 2. The zero-order chi connectivity index (χ0) is 16.4. The molecular formula is C19H31N3O. The van der Waals surface area contributed by atoms with Crippen molar-refractivity contribution in [3.8, 4) is 0 Å². The van der Waals surface area contributed by atoms with E-state index in [9.17, 15) is 4.79 Å². The molecule has 128 valence electrons. The molecule has 0 bridgehead atoms. The summed E-state index contributed by atoms with van der Waals surface area (Å²) in [4.78, 5) is 15.6. The van der Waals surface area contributed by atoms with E-state index in [2.05, 4.69) is 23.8 Å². The molecule has 0 radical (unpaired) electrons. The first-order valence-electron chi connectivity index (χ1n) is 9.48. The summed E-state index contributed by atoms with van der Waals surface area (Å²) in [5.74, 6) is 0.961. The molecule has 2 atom stereocenters. The molecule has 0 unspecified atom stereocenters. The standard InChI is InChI=1S/C19H31N3O/c1-4-12-22-15(3)18(14(2)20-22)19(23)21-13-8-7-10-16-9-5-6-11-17(16)21/h16-17H,4-13H2,1-3H3/t16-,17+/m1/s1. The van der Waals surface area contributed by atoms with Gasteiger partial charge in [-0.1, -0.05) is 26.2 Å². The monoisotopic (exact) mass is 317 g/mol. The van der Waals surface area contributed by atoms with E-state index < -0.39 is 0 Å². The number of hydrogen-bond donors (Lipinski definition) is 0. The van der Waals surface area contributed by atoms with Crippen LogP contribution in [0.1, 0.15) is 80.0 Å². The summed E-state index contributed by atoms with van der Waals surface area (Å²) < 4.78 is 2.01. The van der Waals surface area contributed by atoms with Gasteiger partial charge in [-0.15, -0.1) is 0 Å². The number of carbonyl (C=O) groups excluding carboxylic acids is 1. The molecule has 1 saturated carbocycles. The molecule has 3 rings (SSSR count). The van der Waals surface area contributed by atoms with Crippen LogP contribution in [-0.2, 0) is 6.54 Å². The summed E-state index contributed by atoms with van der Waals surface area (Å²) >= 11 is 0. The van der Waals surface area contributed by atoms with Crippen molar-refractivity contribution < 1.29 is 4.79 Å². The van der Waals surface area contributed by atoms with Gasteiger partial charge >= 0.3 is 0 Å². The number of hydrogen-bond acceptors (Lipinski definition) is 2. The highest BCUT2D eigenvalue weighted by Gasteiger charge is 2.36. The lowest BCUT2D eigenvalue weighted by Gasteiger charge is -2.38. The Morgan fingerprint density at radius 2 is 1.83 bits per heavy atom. The molecule has 1 aromatic rings. The molecule has 4 heteroatoms. The molecule has 4 nitrogen and oxygen atoms in total. The molecule has 1 aliphatic carbocycles. The lowest BCUT2D eigenvalue weighted by atomic mass is 9.81. The first-order valence-corrected chi connectivity index (χ1v) is 9.48. The van der Waals surface area contributed by atoms with Crippen LogP contribution in [0.3, 0.4) is 0 Å². The number of fused-ring (bicyclic) bond motifs is 1. The van der Waals surface area contributed by atoms with E-state index in [0.29, 0.717) is 6.04 Å². The molecule has 2 aliphatic rings. The molecule has 0 aromatic carbocycles. The van der Waals surface area contributed by atoms with E-state index in [4.69, 9.17) is 0 Å². The number of nitrogens with zero attached hydrogens (tertiary/aromatic N) is 3. The lowest BCUT2D eigenvalue weighted by Crippen LogP contribution is -2.45. The van der Waals surface area contributed by atoms with E-state index in [0.717, 1.165) is 48.8 Å². The number of amides is 1. The number of aryl methyl sites for hydroxylation is 2. The predicted molar refractivity (Wildman–Crippen MR) is 92.6 cm³/mol. The van der Waals surface area contributed by atoms with Gasteiger partial charge in [-0.2, -0.15) is 5.10 Å². The van der Waals surface area contributed by atoms with Gasteiger partial charge in [0.2, 0.25) is 0 Å². The first kappa shape index (κ1) is 16.5. The molecule has 1 aliphatic heterocycles. The summed E-state index contributed by atoms with van der Waals surface area (Å²) in [6, 6.07) is 0.465. The summed E-state index contributed by atoms with van der Waals surface area (Å²) in [6.45, 7) is 8.02. The van der Waals surface area contributed by atoms with E-state index in [1.54, 1.807) is 0 Å². The third-order valence-corrected chi connectivity index (χ3v) is 5.78. The highest BCUT2D eigenvalue weighted by molar-refractivity contribution is 5.96. The van der Waals surface area contributed by atoms with Crippen molar-refractivity contribution in [3.05, 3.63) is 17.0 Å². The quantitative estimate of drug-likeness (QED) is 0.842. The molecule has 1 saturated heterocycles. The lowest BCUT2D eigenvalue weighted by molar-refractivity contribution is 0.0567. The van der Waals surface area contributed by atoms with E-state index in [1.165, 1.54) is 38.5 Å². The number of likely N-dealkylation sites (tertiary alicyclic amines) is 1. The minimum absolute atomic E-state index is 0.237. The van der Waals surface area contributed by atoms with Crippen molar-refractivity contribution in [2.24, 2.45) is 5.92 Å². The summed E-state index contributed by atoms with van der Waals surface area (Å²) in [5, 5.41) is 4.61. The fourth-order valence-corrected chi connectivity index (χ4v) is 4.62. The third-order valence-electron chi connectivity index (χ3n) is 5.78. The van der Waals surface area contributed by atoms with Gasteiger partial charge < -0.3 is 4.90 Å². The van der Waals surface area contributed by atoms with Gasteiger partial charge in [0.05, 0.1) is 11.3 Å². The van der Waals surface area contributed by atoms with Gasteiger partial charge in [-0.05, 0) is 51.9 Å². The topological polar surface area (TPSA) is 38.1 Å². The fourth-order valence-electron chi connectivity index (χ4n) is 4.62. The Balaban J connectivity index is 1.89. The van der Waals surface area contributed by atoms with Gasteiger partial charge in [0.1, 0.15) is 0 Å². The average molecular weight is 317 g/mol. The predicted octanol–water partition coefficient (Wildman–Crippen LogP) is 4.09. The largest absolute Gasteiger partial charge is 0.335 e. The van der Waals surface area contributed by atoms with Gasteiger partial charge in [0.25, 0.3) is 5.91 Å². The smallest absolute Gasteiger partial charge is 0.257 e. The molecule has 1 amide bonds. The molecule has 23 heavy (non-hydrogen) atoms. The van der Waals surface area contributed by atoms with Crippen LogP contribution in [0.4, 0.5) is 0 Å². The normalized spacial score (nSPS) is 25.1. The maximum absolute atomic E-state index is 13.3. The van der Waals surface area contributed by atoms with Crippen LogP contribution in [0.5, 0.6) is 0 Å². The van der Waals surface area contributed by atoms with E-state index in [-0.39, 0.29) is 5.91 Å². The zero-order valence-electron chi connectivity index (χ0n) is 15.0. The van der Waals surface area contributed by atoms with E-state index in [1.807, 2.05) is 11.6 Å². The Labute approximate surface area is 140 Å². The molecule has 0 N–H and O–H groups in total. The number of rotatable bonds is 3. The Bertz CT molecular complexity index is 563. The molecule has 2 heterocycles. The second-order valence-electron chi connectivity index (χ2n) is 7.38. The minimum Gasteiger partial charge on any atom is -0.335 e. The second-order valence-corrected chi connectivity index (χ2v) is 7.38. The first-order chi connectivity index (χ1) is 11.1. The fraction of sp³-hybridized carbons (Fsp3) is 0.789. The third kappa shape index (κ3) is 3.17. The minimum atomic E-state index is 0.237. The Kier molecular flexibility index (Phi) is 5.08. The van der Waals surface area contributed by atoms with Gasteiger partial charge in [-0.25, -0.2) is 0 Å². The van der Waals surface area contributed by atoms with Crippen LogP contribution in [0.25, 0.3) is 0 Å². The Morgan fingerprint density at radius 1 is 1.13 bits per heavy atom. The Morgan fingerprint density at radius 3 is 2.57 bits per heavy atom. The zero-order valence-corrected chi connectivity index (χ0v) is 15.0. The van der Waals surface area contributed by atoms with Crippen LogP contribution >= 0.6 is 0 Å². The number of carbonyl (C=O) groups is 1. The van der Waals surface area contributed by atoms with Crippen molar-refractivity contribution in [1.82, 2.24) is 14.7 Å². The van der Waals surface area contributed by atoms with Gasteiger partial charge in [0.15, 0.2) is 0 Å². The molecule has 1 aromatic heterocycles. The van der Waals surface area contributed by atoms with Crippen LogP contribution < -0.4 is 0 Å². The maximum atomic E-state index is 13.3. The highest BCUT2D eigenvalue weighted by atomic mass is 16.2. The maximum Gasteiger partial charge on any atom is 0.257 e. The van der Waals surface area contributed by atoms with Crippen LogP contribution in [0, 0.1) is 19.8 Å². The second kappa shape index (κ2) is 7.06. The van der Waals surface area contributed by atoms with Crippen LogP contribution in [-0.4, -0.2) is 33.2 Å². The summed E-state index contributed by atoms with van der Waals surface area (Å²) in [7, 11) is 0. The van der Waals surface area contributed by atoms with Gasteiger partial charge in [0, 0.05) is 24.8 Å². The Hall–Kier alpha value is -1.32. The summed E-state index contributed by atoms with van der Waals surface area (Å²) in [5.41, 5.74) is 2.81. The van der Waals surface area contributed by atoms with Crippen molar-refractivity contribution >= 4 is 5.91 Å². The van der Waals surface area contributed by atoms with Gasteiger partial charge in [-0.3, -0.25) is 9.48 Å². The van der Waals surface area contributed by atoms with Crippen molar-refractivity contribution in [2.75, 3.05) is 6.54 Å². The van der Waals surface area contributed by atoms with Crippen molar-refractivity contribution in [2.45, 2.75) is 84.7 Å². The van der Waals surface area contributed by atoms with Crippen LogP contribution in [0.15, 0.2) is 0 Å². The van der Waals surface area contributed by atoms with Crippen molar-refractivity contribution in [3.63, 3.8) is 0 Å². The SMILES string of the molecule is CCCn1nc(C)c(C(=O)N2CCCC[C@H]3CCCC[C@@H]32)c1C. The average Bonchev–Trinajstić information content (AvgIpc) is 2.73. The molecule has 0 spiro atoms. The summed E-state index contributed by atoms with van der Waals surface area (Å²) in [6.07, 6.45) is 9.90. The molecule has 2 fully saturated rings. The highest BCUT2D eigenvalue weighted by Crippen LogP contribution is 2.35.